The molecule has 24 heavy (non-hydrogen) atoms. The molecule has 0 bridgehead atoms. The summed E-state index contributed by atoms with van der Waals surface area (Å²) in [5, 5.41) is 13.9. The van der Waals surface area contributed by atoms with Gasteiger partial charge in [0.25, 0.3) is 0 Å². The second-order valence-electron chi connectivity index (χ2n) is 7.45. The van der Waals surface area contributed by atoms with E-state index in [0.717, 1.165) is 50.8 Å². The lowest BCUT2D eigenvalue weighted by Crippen LogP contribution is -2.49. The molecule has 2 N–H and O–H groups in total. The van der Waals surface area contributed by atoms with Crippen LogP contribution in [0.3, 0.4) is 0 Å². The molecule has 0 radical (unpaired) electrons. The number of piperidine rings is 1. The van der Waals surface area contributed by atoms with E-state index in [2.05, 4.69) is 30.1 Å². The number of carbonyl (C=O) groups is 1. The highest BCUT2D eigenvalue weighted by Crippen LogP contribution is 2.36. The van der Waals surface area contributed by atoms with Gasteiger partial charge in [0.2, 0.25) is 5.91 Å². The molecule has 0 spiro atoms. The van der Waals surface area contributed by atoms with E-state index in [9.17, 15) is 9.90 Å². The number of fused-ring (bicyclic) bond motifs is 1. The Balaban J connectivity index is 1.61. The summed E-state index contributed by atoms with van der Waals surface area (Å²) >= 11 is 0. The number of likely N-dealkylation sites (tertiary alicyclic amines) is 1. The summed E-state index contributed by atoms with van der Waals surface area (Å²) in [4.78, 5) is 14.9. The molecule has 0 saturated carbocycles. The quantitative estimate of drug-likeness (QED) is 0.873. The average molecular weight is 330 g/mol. The highest BCUT2D eigenvalue weighted by Gasteiger charge is 2.38. The van der Waals surface area contributed by atoms with E-state index >= 15 is 0 Å². The van der Waals surface area contributed by atoms with Crippen molar-refractivity contribution in [2.45, 2.75) is 64.1 Å². The highest BCUT2D eigenvalue weighted by molar-refractivity contribution is 5.79. The summed E-state index contributed by atoms with van der Waals surface area (Å²) in [5.41, 5.74) is 2.31. The Morgan fingerprint density at radius 1 is 1.42 bits per heavy atom. The minimum atomic E-state index is -0.429. The summed E-state index contributed by atoms with van der Waals surface area (Å²) in [6.07, 6.45) is 4.56. The summed E-state index contributed by atoms with van der Waals surface area (Å²) < 4.78 is 0. The highest BCUT2D eigenvalue weighted by atomic mass is 16.3. The fourth-order valence-corrected chi connectivity index (χ4v) is 4.27. The number of aliphatic hydroxyl groups excluding tert-OH is 1. The van der Waals surface area contributed by atoms with E-state index in [-0.39, 0.29) is 23.9 Å². The van der Waals surface area contributed by atoms with E-state index in [0.29, 0.717) is 0 Å². The Morgan fingerprint density at radius 3 is 2.96 bits per heavy atom. The van der Waals surface area contributed by atoms with Crippen molar-refractivity contribution in [3.63, 3.8) is 0 Å². The fourth-order valence-electron chi connectivity index (χ4n) is 4.27. The van der Waals surface area contributed by atoms with Crippen LogP contribution < -0.4 is 5.32 Å². The van der Waals surface area contributed by atoms with Crippen LogP contribution in [0, 0.1) is 5.92 Å². The van der Waals surface area contributed by atoms with E-state index < -0.39 is 6.10 Å². The SMILES string of the molecule is CCCC(C)NC(=O)C1CCCN(C2Cc3ccccc3C2O)C1. The molecule has 1 aromatic carbocycles. The number of nitrogens with one attached hydrogen (secondary N) is 1. The molecule has 1 saturated heterocycles. The van der Waals surface area contributed by atoms with Gasteiger partial charge in [0.1, 0.15) is 0 Å². The molecule has 1 amide bonds. The van der Waals surface area contributed by atoms with Gasteiger partial charge in [-0.2, -0.15) is 0 Å². The van der Waals surface area contributed by atoms with Crippen LogP contribution in [-0.4, -0.2) is 41.1 Å². The van der Waals surface area contributed by atoms with Crippen molar-refractivity contribution < 1.29 is 9.90 Å². The lowest BCUT2D eigenvalue weighted by atomic mass is 9.94. The van der Waals surface area contributed by atoms with E-state index in [1.54, 1.807) is 0 Å². The minimum absolute atomic E-state index is 0.0500. The molecule has 1 heterocycles. The van der Waals surface area contributed by atoms with Crippen LogP contribution in [0.4, 0.5) is 0 Å². The summed E-state index contributed by atoms with van der Waals surface area (Å²) in [6.45, 7) is 5.97. The summed E-state index contributed by atoms with van der Waals surface area (Å²) in [6, 6.07) is 8.53. The maximum Gasteiger partial charge on any atom is 0.224 e. The van der Waals surface area contributed by atoms with Crippen molar-refractivity contribution in [1.29, 1.82) is 0 Å². The standard InChI is InChI=1S/C20H30N2O2/c1-3-7-14(2)21-20(24)16-9-6-11-22(13-16)18-12-15-8-4-5-10-17(15)19(18)23/h4-5,8,10,14,16,18-19,23H,3,6-7,9,11-13H2,1-2H3,(H,21,24). The first kappa shape index (κ1) is 17.4. The van der Waals surface area contributed by atoms with Crippen molar-refractivity contribution in [2.24, 2.45) is 5.92 Å². The molecule has 0 aromatic heterocycles. The monoisotopic (exact) mass is 330 g/mol. The van der Waals surface area contributed by atoms with Gasteiger partial charge in [0.15, 0.2) is 0 Å². The Labute approximate surface area is 145 Å². The largest absolute Gasteiger partial charge is 0.387 e. The minimum Gasteiger partial charge on any atom is -0.387 e. The van der Waals surface area contributed by atoms with Gasteiger partial charge in [-0.05, 0) is 50.3 Å². The molecule has 132 valence electrons. The fraction of sp³-hybridized carbons (Fsp3) is 0.650. The number of aliphatic hydroxyl groups is 1. The third-order valence-electron chi connectivity index (χ3n) is 5.57. The predicted octanol–water partition coefficient (Wildman–Crippen LogP) is 2.66. The van der Waals surface area contributed by atoms with E-state index in [4.69, 9.17) is 0 Å². The van der Waals surface area contributed by atoms with Gasteiger partial charge in [0.05, 0.1) is 12.0 Å². The van der Waals surface area contributed by atoms with Gasteiger partial charge in [0, 0.05) is 18.6 Å². The number of carbonyl (C=O) groups excluding carboxylic acids is 1. The first-order valence-corrected chi connectivity index (χ1v) is 9.40. The molecule has 1 fully saturated rings. The third kappa shape index (κ3) is 3.65. The van der Waals surface area contributed by atoms with Crippen molar-refractivity contribution >= 4 is 5.91 Å². The van der Waals surface area contributed by atoms with Crippen LogP contribution >= 0.6 is 0 Å². The molecular formula is C20H30N2O2. The van der Waals surface area contributed by atoms with Gasteiger partial charge < -0.3 is 10.4 Å². The number of amides is 1. The number of hydrogen-bond acceptors (Lipinski definition) is 3. The second-order valence-corrected chi connectivity index (χ2v) is 7.45. The van der Waals surface area contributed by atoms with Crippen molar-refractivity contribution in [3.05, 3.63) is 35.4 Å². The van der Waals surface area contributed by atoms with Crippen LogP contribution in [0.2, 0.25) is 0 Å². The molecule has 4 atom stereocenters. The van der Waals surface area contributed by atoms with Crippen LogP contribution in [-0.2, 0) is 11.2 Å². The van der Waals surface area contributed by atoms with Crippen LogP contribution in [0.1, 0.15) is 56.8 Å². The molecule has 4 unspecified atom stereocenters. The van der Waals surface area contributed by atoms with Gasteiger partial charge >= 0.3 is 0 Å². The molecule has 2 aliphatic rings. The Hall–Kier alpha value is -1.39. The molecule has 4 heteroatoms. The number of benzene rings is 1. The normalized spacial score (nSPS) is 28.4. The third-order valence-corrected chi connectivity index (χ3v) is 5.57. The Bertz CT molecular complexity index is 575. The van der Waals surface area contributed by atoms with Gasteiger partial charge in [-0.25, -0.2) is 0 Å². The van der Waals surface area contributed by atoms with Crippen LogP contribution in [0.25, 0.3) is 0 Å². The summed E-state index contributed by atoms with van der Waals surface area (Å²) in [5.74, 6) is 0.236. The molecule has 1 aliphatic carbocycles. The van der Waals surface area contributed by atoms with Crippen LogP contribution in [0.15, 0.2) is 24.3 Å². The van der Waals surface area contributed by atoms with Crippen molar-refractivity contribution in [1.82, 2.24) is 10.2 Å². The zero-order valence-corrected chi connectivity index (χ0v) is 14.9. The molecule has 1 aliphatic heterocycles. The topological polar surface area (TPSA) is 52.6 Å². The lowest BCUT2D eigenvalue weighted by molar-refractivity contribution is -0.128. The second kappa shape index (κ2) is 7.66. The molecule has 1 aromatic rings. The summed E-state index contributed by atoms with van der Waals surface area (Å²) in [7, 11) is 0. The van der Waals surface area contributed by atoms with Crippen LogP contribution in [0.5, 0.6) is 0 Å². The van der Waals surface area contributed by atoms with Gasteiger partial charge in [-0.3, -0.25) is 9.69 Å². The molecule has 3 rings (SSSR count). The lowest BCUT2D eigenvalue weighted by Gasteiger charge is -2.37. The number of hydrogen-bond donors (Lipinski definition) is 2. The Kier molecular flexibility index (Phi) is 5.57. The van der Waals surface area contributed by atoms with Crippen molar-refractivity contribution in [3.8, 4) is 0 Å². The number of nitrogens with zero attached hydrogens (tertiary/aromatic N) is 1. The van der Waals surface area contributed by atoms with Gasteiger partial charge in [-0.15, -0.1) is 0 Å². The zero-order chi connectivity index (χ0) is 17.1. The smallest absolute Gasteiger partial charge is 0.224 e. The zero-order valence-electron chi connectivity index (χ0n) is 14.9. The molecular weight excluding hydrogens is 300 g/mol. The average Bonchev–Trinajstić information content (AvgIpc) is 2.92. The predicted molar refractivity (Wildman–Crippen MR) is 95.7 cm³/mol. The first-order chi connectivity index (χ1) is 11.6. The first-order valence-electron chi connectivity index (χ1n) is 9.40. The van der Waals surface area contributed by atoms with E-state index in [1.807, 2.05) is 18.2 Å². The molecule has 4 nitrogen and oxygen atoms in total. The van der Waals surface area contributed by atoms with Gasteiger partial charge in [-0.1, -0.05) is 37.6 Å². The maximum atomic E-state index is 12.5. The van der Waals surface area contributed by atoms with Crippen molar-refractivity contribution in [2.75, 3.05) is 13.1 Å². The number of rotatable bonds is 5. The maximum absolute atomic E-state index is 12.5. The van der Waals surface area contributed by atoms with E-state index in [1.165, 1.54) is 5.56 Å². The Morgan fingerprint density at radius 2 is 2.21 bits per heavy atom.